The van der Waals surface area contributed by atoms with Gasteiger partial charge in [0, 0.05) is 18.2 Å². The molecular formula is C11H13NO3S. The highest BCUT2D eigenvalue weighted by Crippen LogP contribution is 2.32. The molecule has 0 bridgehead atoms. The summed E-state index contributed by atoms with van der Waals surface area (Å²) in [4.78, 5) is 11.2. The molecule has 0 saturated carbocycles. The first-order chi connectivity index (χ1) is 7.79. The van der Waals surface area contributed by atoms with E-state index in [0.29, 0.717) is 24.7 Å². The van der Waals surface area contributed by atoms with E-state index in [1.54, 1.807) is 18.2 Å². The van der Waals surface area contributed by atoms with Crippen LogP contribution < -0.4 is 14.8 Å². The molecule has 5 heteroatoms. The zero-order valence-corrected chi connectivity index (χ0v) is 9.63. The van der Waals surface area contributed by atoms with Crippen molar-refractivity contribution in [2.45, 2.75) is 6.42 Å². The van der Waals surface area contributed by atoms with Gasteiger partial charge in [0.2, 0.25) is 5.91 Å². The number of anilines is 1. The molecule has 0 spiro atoms. The highest BCUT2D eigenvalue weighted by molar-refractivity contribution is 7.81. The van der Waals surface area contributed by atoms with Gasteiger partial charge in [0.05, 0.1) is 19.0 Å². The summed E-state index contributed by atoms with van der Waals surface area (Å²) in [6, 6.07) is 5.35. The largest absolute Gasteiger partial charge is 0.490 e. The van der Waals surface area contributed by atoms with E-state index in [0.717, 1.165) is 12.2 Å². The predicted octanol–water partition coefficient (Wildman–Crippen LogP) is 1.72. The molecule has 0 saturated heterocycles. The van der Waals surface area contributed by atoms with Crippen molar-refractivity contribution in [3.8, 4) is 11.5 Å². The number of rotatable bonds is 2. The number of carbonyl (C=O) groups is 1. The molecule has 0 fully saturated rings. The molecule has 4 nitrogen and oxygen atoms in total. The number of fused-ring (bicyclic) bond motifs is 1. The van der Waals surface area contributed by atoms with Crippen molar-refractivity contribution in [1.82, 2.24) is 0 Å². The first-order valence-electron chi connectivity index (χ1n) is 5.10. The fourth-order valence-corrected chi connectivity index (χ4v) is 1.52. The molecule has 1 N–H and O–H groups in total. The SMILES string of the molecule is O=C(CS)Nc1ccc2c(c1)OCCCO2. The summed E-state index contributed by atoms with van der Waals surface area (Å²) in [5.74, 6) is 1.42. The molecule has 0 aromatic heterocycles. The molecule has 86 valence electrons. The number of amides is 1. The van der Waals surface area contributed by atoms with Gasteiger partial charge in [0.25, 0.3) is 0 Å². The van der Waals surface area contributed by atoms with E-state index in [9.17, 15) is 4.79 Å². The summed E-state index contributed by atoms with van der Waals surface area (Å²) in [5.41, 5.74) is 0.698. The topological polar surface area (TPSA) is 47.6 Å². The first-order valence-corrected chi connectivity index (χ1v) is 5.73. The summed E-state index contributed by atoms with van der Waals surface area (Å²) in [5, 5.41) is 2.71. The summed E-state index contributed by atoms with van der Waals surface area (Å²) in [6.45, 7) is 1.30. The highest BCUT2D eigenvalue weighted by atomic mass is 32.1. The van der Waals surface area contributed by atoms with E-state index in [1.807, 2.05) is 0 Å². The van der Waals surface area contributed by atoms with Crippen LogP contribution in [0.5, 0.6) is 11.5 Å². The van der Waals surface area contributed by atoms with E-state index in [4.69, 9.17) is 9.47 Å². The quantitative estimate of drug-likeness (QED) is 0.772. The lowest BCUT2D eigenvalue weighted by Gasteiger charge is -2.09. The zero-order chi connectivity index (χ0) is 11.4. The van der Waals surface area contributed by atoms with Crippen LogP contribution in [0, 0.1) is 0 Å². The Morgan fingerprint density at radius 3 is 2.81 bits per heavy atom. The number of carbonyl (C=O) groups excluding carboxylic acids is 1. The monoisotopic (exact) mass is 239 g/mol. The van der Waals surface area contributed by atoms with E-state index in [2.05, 4.69) is 17.9 Å². The van der Waals surface area contributed by atoms with Gasteiger partial charge in [-0.3, -0.25) is 4.79 Å². The summed E-state index contributed by atoms with van der Waals surface area (Å²) in [6.07, 6.45) is 0.868. The van der Waals surface area contributed by atoms with Crippen molar-refractivity contribution in [2.24, 2.45) is 0 Å². The van der Waals surface area contributed by atoms with Gasteiger partial charge in [0.15, 0.2) is 11.5 Å². The number of ether oxygens (including phenoxy) is 2. The fourth-order valence-electron chi connectivity index (χ4n) is 1.44. The normalized spacial score (nSPS) is 14.1. The maximum Gasteiger partial charge on any atom is 0.234 e. The Morgan fingerprint density at radius 1 is 1.31 bits per heavy atom. The Hall–Kier alpha value is -1.36. The number of nitrogens with one attached hydrogen (secondary N) is 1. The molecule has 2 rings (SSSR count). The van der Waals surface area contributed by atoms with Crippen LogP contribution in [-0.4, -0.2) is 24.9 Å². The van der Waals surface area contributed by atoms with Gasteiger partial charge in [-0.25, -0.2) is 0 Å². The van der Waals surface area contributed by atoms with Gasteiger partial charge in [-0.05, 0) is 12.1 Å². The Morgan fingerprint density at radius 2 is 2.06 bits per heavy atom. The van der Waals surface area contributed by atoms with Crippen LogP contribution in [0.4, 0.5) is 5.69 Å². The molecule has 1 aliphatic heterocycles. The lowest BCUT2D eigenvalue weighted by atomic mass is 10.2. The van der Waals surface area contributed by atoms with Gasteiger partial charge < -0.3 is 14.8 Å². The third-order valence-corrected chi connectivity index (χ3v) is 2.46. The molecular weight excluding hydrogens is 226 g/mol. The van der Waals surface area contributed by atoms with E-state index < -0.39 is 0 Å². The molecule has 1 aromatic rings. The Kier molecular flexibility index (Phi) is 3.56. The maximum atomic E-state index is 11.2. The van der Waals surface area contributed by atoms with Crippen molar-refractivity contribution < 1.29 is 14.3 Å². The average molecular weight is 239 g/mol. The van der Waals surface area contributed by atoms with Gasteiger partial charge in [-0.1, -0.05) is 0 Å². The average Bonchev–Trinajstić information content (AvgIpc) is 2.53. The second-order valence-electron chi connectivity index (χ2n) is 3.42. The Balaban J connectivity index is 2.17. The number of hydrogen-bond donors (Lipinski definition) is 2. The minimum atomic E-state index is -0.141. The van der Waals surface area contributed by atoms with Crippen LogP contribution in [0.2, 0.25) is 0 Å². The molecule has 1 amide bonds. The molecule has 1 aromatic carbocycles. The Bertz CT molecular complexity index is 395. The third kappa shape index (κ3) is 2.61. The molecule has 16 heavy (non-hydrogen) atoms. The van der Waals surface area contributed by atoms with Gasteiger partial charge in [-0.15, -0.1) is 0 Å². The smallest absolute Gasteiger partial charge is 0.234 e. The fraction of sp³-hybridized carbons (Fsp3) is 0.364. The van der Waals surface area contributed by atoms with Crippen molar-refractivity contribution >= 4 is 24.2 Å². The molecule has 0 aliphatic carbocycles. The Labute approximate surface area is 99.3 Å². The summed E-state index contributed by atoms with van der Waals surface area (Å²) >= 11 is 3.89. The second-order valence-corrected chi connectivity index (χ2v) is 3.73. The molecule has 1 aliphatic rings. The number of thiol groups is 1. The van der Waals surface area contributed by atoms with Crippen molar-refractivity contribution in [2.75, 3.05) is 24.3 Å². The molecule has 0 radical (unpaired) electrons. The van der Waals surface area contributed by atoms with Crippen molar-refractivity contribution in [1.29, 1.82) is 0 Å². The van der Waals surface area contributed by atoms with Crippen LogP contribution in [0.25, 0.3) is 0 Å². The van der Waals surface area contributed by atoms with Crippen molar-refractivity contribution in [3.63, 3.8) is 0 Å². The lowest BCUT2D eigenvalue weighted by Crippen LogP contribution is -2.12. The number of hydrogen-bond acceptors (Lipinski definition) is 4. The predicted molar refractivity (Wildman–Crippen MR) is 64.5 cm³/mol. The molecule has 0 unspecified atom stereocenters. The van der Waals surface area contributed by atoms with E-state index >= 15 is 0 Å². The zero-order valence-electron chi connectivity index (χ0n) is 8.73. The second kappa shape index (κ2) is 5.12. The van der Waals surface area contributed by atoms with Crippen molar-refractivity contribution in [3.05, 3.63) is 18.2 Å². The molecule has 1 heterocycles. The minimum absolute atomic E-state index is 0.141. The van der Waals surface area contributed by atoms with E-state index in [1.165, 1.54) is 0 Å². The van der Waals surface area contributed by atoms with Crippen LogP contribution in [0.1, 0.15) is 6.42 Å². The van der Waals surface area contributed by atoms with Gasteiger partial charge in [0.1, 0.15) is 0 Å². The minimum Gasteiger partial charge on any atom is -0.490 e. The summed E-state index contributed by atoms with van der Waals surface area (Å²) in [7, 11) is 0. The van der Waals surface area contributed by atoms with E-state index in [-0.39, 0.29) is 11.7 Å². The number of benzene rings is 1. The van der Waals surface area contributed by atoms with Gasteiger partial charge in [-0.2, -0.15) is 12.6 Å². The van der Waals surface area contributed by atoms with Crippen LogP contribution in [0.3, 0.4) is 0 Å². The maximum absolute atomic E-state index is 11.2. The van der Waals surface area contributed by atoms with Gasteiger partial charge >= 0.3 is 0 Å². The third-order valence-electron chi connectivity index (χ3n) is 2.17. The van der Waals surface area contributed by atoms with Crippen LogP contribution in [-0.2, 0) is 4.79 Å². The standard InChI is InChI=1S/C11H13NO3S/c13-11(7-16)12-8-2-3-9-10(6-8)15-5-1-4-14-9/h2-3,6,16H,1,4-5,7H2,(H,12,13). The van der Waals surface area contributed by atoms with Crippen LogP contribution in [0.15, 0.2) is 18.2 Å². The van der Waals surface area contributed by atoms with Crippen LogP contribution >= 0.6 is 12.6 Å². The first kappa shape index (κ1) is 11.1. The molecule has 0 atom stereocenters. The summed E-state index contributed by atoms with van der Waals surface area (Å²) < 4.78 is 11.0. The highest BCUT2D eigenvalue weighted by Gasteiger charge is 2.11. The lowest BCUT2D eigenvalue weighted by molar-refractivity contribution is -0.113.